The average molecular weight is 54.1 g/mol. The minimum Gasteiger partial charge on any atom is -0.124 e. The summed E-state index contributed by atoms with van der Waals surface area (Å²) in [4.78, 5) is 0. The van der Waals surface area contributed by atoms with E-state index in [9.17, 15) is 0 Å². The van der Waals surface area contributed by atoms with E-state index < -0.39 is 0 Å². The fourth-order valence-corrected chi connectivity index (χ4v) is 0. The monoisotopic (exact) mass is 54.0 g/mol. The summed E-state index contributed by atoms with van der Waals surface area (Å²) < 4.78 is 0. The molecular weight excluding hydrogens is 52.0 g/mol. The zero-order chi connectivity index (χ0) is 4.00. The molecule has 0 rings (SSSR count). The Bertz CT molecular complexity index is 19.5. The van der Waals surface area contributed by atoms with Gasteiger partial charge in [-0.15, -0.1) is 12.8 Å². The summed E-state index contributed by atoms with van der Waals surface area (Å²) in [6.07, 6.45) is 8.00. The fourth-order valence-electron chi connectivity index (χ4n) is 0. The highest BCUT2D eigenvalue weighted by molar-refractivity contribution is 4.47. The summed E-state index contributed by atoms with van der Waals surface area (Å²) in [7, 11) is 0. The molecule has 20 valence electrons. The Morgan fingerprint density at radius 3 is 1.00 bits per heavy atom. The molecule has 0 aliphatic rings. The molecule has 2 heteroatoms. The van der Waals surface area contributed by atoms with Crippen molar-refractivity contribution >= 4 is 0 Å². The topological polar surface area (TPSA) is 47.6 Å². The van der Waals surface area contributed by atoms with Crippen LogP contribution in [0.2, 0.25) is 0 Å². The van der Waals surface area contributed by atoms with E-state index in [4.69, 9.17) is 10.8 Å². The van der Waals surface area contributed by atoms with E-state index in [0.717, 1.165) is 0 Å². The van der Waals surface area contributed by atoms with Crippen LogP contribution in [-0.4, -0.2) is 0 Å². The van der Waals surface area contributed by atoms with Crippen LogP contribution in [0.15, 0.2) is 0 Å². The van der Waals surface area contributed by atoms with Crippen LogP contribution in [0.5, 0.6) is 0 Å². The molecule has 0 radical (unpaired) electrons. The van der Waals surface area contributed by atoms with Crippen LogP contribution in [-0.2, 0) is 0 Å². The predicted octanol–water partition coefficient (Wildman–Crippen LogP) is 0.280. The number of rotatable bonds is 0. The predicted molar refractivity (Wildman–Crippen MR) is 13.3 cm³/mol. The third-order valence-corrected chi connectivity index (χ3v) is 0. The minimum atomic E-state index is 4.00. The SMILES string of the molecule is C#C.N#N. The van der Waals surface area contributed by atoms with Crippen molar-refractivity contribution in [2.24, 2.45) is 0 Å². The molecule has 0 aliphatic heterocycles. The second-order valence-corrected chi connectivity index (χ2v) is 0. The maximum atomic E-state index is 6.00. The van der Waals surface area contributed by atoms with Gasteiger partial charge in [0.1, 0.15) is 0 Å². The Labute approximate surface area is 24.9 Å². The van der Waals surface area contributed by atoms with Crippen LogP contribution in [0.3, 0.4) is 0 Å². The van der Waals surface area contributed by atoms with E-state index in [-0.39, 0.29) is 0 Å². The Morgan fingerprint density at radius 2 is 1.00 bits per heavy atom. The van der Waals surface area contributed by atoms with Crippen molar-refractivity contribution in [1.82, 2.24) is 0 Å². The van der Waals surface area contributed by atoms with E-state index in [1.165, 1.54) is 0 Å². The Morgan fingerprint density at radius 1 is 1.00 bits per heavy atom. The van der Waals surface area contributed by atoms with Gasteiger partial charge in [0.15, 0.2) is 0 Å². The molecule has 0 atom stereocenters. The first-order valence-electron chi connectivity index (χ1n) is 0.533. The summed E-state index contributed by atoms with van der Waals surface area (Å²) in [5, 5.41) is 12.0. The van der Waals surface area contributed by atoms with Crippen LogP contribution in [0.1, 0.15) is 0 Å². The smallest absolute Gasteiger partial charge is 0 e. The second-order valence-electron chi connectivity index (χ2n) is 0. The molecule has 0 aromatic heterocycles. The normalized spacial score (nSPS) is 1.00. The van der Waals surface area contributed by atoms with Crippen LogP contribution in [0, 0.1) is 23.6 Å². The molecule has 0 aliphatic carbocycles. The first-order valence-corrected chi connectivity index (χ1v) is 0.533. The van der Waals surface area contributed by atoms with Gasteiger partial charge in [-0.05, 0) is 0 Å². The van der Waals surface area contributed by atoms with Gasteiger partial charge in [0, 0.05) is 10.8 Å². The Balaban J connectivity index is 0. The molecule has 0 saturated carbocycles. The molecule has 0 N–H and O–H groups in total. The third kappa shape index (κ3) is 0.000377. The highest BCUT2D eigenvalue weighted by Gasteiger charge is 0.577. The number of hydrogen-bond acceptors (Lipinski definition) is 2. The summed E-state index contributed by atoms with van der Waals surface area (Å²) in [5.41, 5.74) is 0. The molecule has 0 saturated heterocycles. The third-order valence-electron chi connectivity index (χ3n) is 0. The lowest BCUT2D eigenvalue weighted by Crippen LogP contribution is -0.576. The standard InChI is InChI=1S/C2H2.N2/c2*1-2/h1-2H;. The molecule has 0 unspecified atom stereocenters. The van der Waals surface area contributed by atoms with Crippen molar-refractivity contribution in [2.45, 2.75) is 0 Å². The minimum absolute atomic E-state index is 4.00. The van der Waals surface area contributed by atoms with Crippen molar-refractivity contribution in [3.63, 3.8) is 0 Å². The highest BCUT2D eigenvalue weighted by atomic mass is 14.6. The Hall–Kier alpha value is -1.02. The van der Waals surface area contributed by atoms with Gasteiger partial charge >= 0.3 is 0 Å². The van der Waals surface area contributed by atoms with Gasteiger partial charge in [-0.3, -0.25) is 0 Å². The summed E-state index contributed by atoms with van der Waals surface area (Å²) in [6.45, 7) is 0. The molecular formula is C2H2N2. The van der Waals surface area contributed by atoms with Crippen molar-refractivity contribution in [3.8, 4) is 12.8 Å². The zero-order valence-electron chi connectivity index (χ0n) is 2.05. The molecule has 0 amide bonds. The zero-order valence-corrected chi connectivity index (χ0v) is 2.05. The largest absolute Gasteiger partial charge is 0.124 e. The van der Waals surface area contributed by atoms with Gasteiger partial charge in [-0.25, -0.2) is 0 Å². The van der Waals surface area contributed by atoms with Crippen LogP contribution in [0.25, 0.3) is 0 Å². The van der Waals surface area contributed by atoms with Crippen LogP contribution >= 0.6 is 0 Å². The molecule has 0 bridgehead atoms. The molecule has 0 spiro atoms. The number of hydrogen-bond donors (Lipinski definition) is 0. The van der Waals surface area contributed by atoms with Gasteiger partial charge in [-0.1, -0.05) is 0 Å². The van der Waals surface area contributed by atoms with E-state index >= 15 is 0 Å². The number of terminal acetylenes is 1. The van der Waals surface area contributed by atoms with E-state index in [2.05, 4.69) is 12.8 Å². The van der Waals surface area contributed by atoms with Gasteiger partial charge in [-0.2, -0.15) is 0 Å². The van der Waals surface area contributed by atoms with Gasteiger partial charge in [0.25, 0.3) is 0 Å². The fraction of sp³-hybridized carbons (Fsp3) is 0. The average Bonchev–Trinajstić information content (AvgIpc) is 1.50. The van der Waals surface area contributed by atoms with Crippen molar-refractivity contribution < 1.29 is 0 Å². The molecule has 0 aromatic rings. The lowest BCUT2D eigenvalue weighted by Gasteiger charge is -0.701. The molecule has 2 nitrogen and oxygen atoms in total. The summed E-state index contributed by atoms with van der Waals surface area (Å²) >= 11 is 0. The van der Waals surface area contributed by atoms with Gasteiger partial charge < -0.3 is 0 Å². The molecule has 0 fully saturated rings. The van der Waals surface area contributed by atoms with Crippen molar-refractivity contribution in [1.29, 1.82) is 10.8 Å². The van der Waals surface area contributed by atoms with Gasteiger partial charge in [0.05, 0.1) is 0 Å². The molecule has 0 heterocycles. The van der Waals surface area contributed by atoms with Crippen molar-refractivity contribution in [2.75, 3.05) is 0 Å². The van der Waals surface area contributed by atoms with Crippen molar-refractivity contribution in [3.05, 3.63) is 0 Å². The first-order chi connectivity index (χ1) is 2.00. The van der Waals surface area contributed by atoms with Gasteiger partial charge in [0.2, 0.25) is 0 Å². The quantitative estimate of drug-likeness (QED) is 0.294. The van der Waals surface area contributed by atoms with Crippen LogP contribution in [0.4, 0.5) is 0 Å². The maximum Gasteiger partial charge on any atom is 0 e. The first kappa shape index (κ1) is 12.2. The molecule has 4 heavy (non-hydrogen) atoms. The second kappa shape index (κ2) is 1.83. The molecule has 0 aromatic carbocycles. The maximum absolute atomic E-state index is 6.00. The van der Waals surface area contributed by atoms with Crippen LogP contribution < -0.4 is 0 Å². The summed E-state index contributed by atoms with van der Waals surface area (Å²) in [6, 6.07) is 0. The highest BCUT2D eigenvalue weighted by Crippen LogP contribution is 0.593. The van der Waals surface area contributed by atoms with E-state index in [1.807, 2.05) is 0 Å². The van der Waals surface area contributed by atoms with E-state index in [1.54, 1.807) is 0 Å². The lowest BCUT2D eigenvalue weighted by molar-refractivity contribution is 1.15. The Kier molecular flexibility index (Phi) is 5.56. The van der Waals surface area contributed by atoms with E-state index in [0.29, 0.717) is 0 Å². The number of nitrogens with zero attached hydrogens (tertiary/aromatic N) is 2. The lowest BCUT2D eigenvalue weighted by atomic mass is 11.4. The summed E-state index contributed by atoms with van der Waals surface area (Å²) in [5.74, 6) is 0.